The van der Waals surface area contributed by atoms with Crippen molar-refractivity contribution < 1.29 is 19.6 Å². The fraction of sp³-hybridized carbons (Fsp3) is 0.333. The molecule has 2 rings (SSSR count). The van der Waals surface area contributed by atoms with Gasteiger partial charge in [0.15, 0.2) is 0 Å². The molecule has 2 N–H and O–H groups in total. The predicted molar refractivity (Wildman–Crippen MR) is 79.2 cm³/mol. The molecule has 0 aliphatic rings. The average Bonchev–Trinajstić information content (AvgIpc) is 3.05. The van der Waals surface area contributed by atoms with Gasteiger partial charge in [-0.05, 0) is 18.8 Å². The molecule has 11 heteroatoms. The molecule has 0 fully saturated rings. The van der Waals surface area contributed by atoms with Crippen LogP contribution in [0.4, 0.5) is 5.82 Å². The highest BCUT2D eigenvalue weighted by Crippen LogP contribution is 2.23. The Morgan fingerprint density at radius 2 is 2.26 bits per heavy atom. The number of carbonyl (C=O) groups is 2. The summed E-state index contributed by atoms with van der Waals surface area (Å²) in [6, 6.07) is 0.713. The van der Waals surface area contributed by atoms with Crippen LogP contribution in [0, 0.1) is 17.0 Å². The Kier molecular flexibility index (Phi) is 4.69. The van der Waals surface area contributed by atoms with Gasteiger partial charge in [-0.3, -0.25) is 4.79 Å². The summed E-state index contributed by atoms with van der Waals surface area (Å²) in [4.78, 5) is 37.0. The summed E-state index contributed by atoms with van der Waals surface area (Å²) in [5, 5.41) is 26.3. The van der Waals surface area contributed by atoms with E-state index in [0.717, 1.165) is 16.0 Å². The summed E-state index contributed by atoms with van der Waals surface area (Å²) in [5.74, 6) is -1.82. The molecule has 122 valence electrons. The van der Waals surface area contributed by atoms with Gasteiger partial charge >= 0.3 is 11.8 Å². The van der Waals surface area contributed by atoms with Crippen LogP contribution >= 0.6 is 11.3 Å². The first kappa shape index (κ1) is 16.5. The van der Waals surface area contributed by atoms with E-state index in [4.69, 9.17) is 5.11 Å². The number of aromatic carboxylic acids is 1. The summed E-state index contributed by atoms with van der Waals surface area (Å²) in [7, 11) is 0. The number of nitrogens with zero attached hydrogens (tertiary/aromatic N) is 4. The number of rotatable bonds is 6. The lowest BCUT2D eigenvalue weighted by Gasteiger charge is -2.10. The normalized spacial score (nSPS) is 11.9. The average molecular weight is 339 g/mol. The van der Waals surface area contributed by atoms with E-state index < -0.39 is 22.8 Å². The third kappa shape index (κ3) is 3.88. The first-order chi connectivity index (χ1) is 10.8. The van der Waals surface area contributed by atoms with Gasteiger partial charge in [-0.15, -0.1) is 11.3 Å². The number of hydrogen-bond acceptors (Lipinski definition) is 7. The third-order valence-electron chi connectivity index (χ3n) is 2.87. The summed E-state index contributed by atoms with van der Waals surface area (Å²) in [6.07, 6.45) is 1.33. The van der Waals surface area contributed by atoms with Crippen LogP contribution < -0.4 is 5.32 Å². The Morgan fingerprint density at radius 3 is 2.78 bits per heavy atom. The van der Waals surface area contributed by atoms with Crippen molar-refractivity contribution >= 4 is 29.0 Å². The summed E-state index contributed by atoms with van der Waals surface area (Å²) < 4.78 is 1.15. The number of carboxylic acid groups (broad SMARTS) is 1. The number of nitrogens with one attached hydrogen (secondary N) is 1. The molecule has 1 unspecified atom stereocenters. The van der Waals surface area contributed by atoms with Gasteiger partial charge in [0.2, 0.25) is 5.91 Å². The molecular weight excluding hydrogens is 326 g/mol. The second kappa shape index (κ2) is 6.52. The number of carbonyl (C=O) groups excluding carboxylic acids is 1. The number of hydrogen-bond donors (Lipinski definition) is 2. The van der Waals surface area contributed by atoms with Gasteiger partial charge in [0, 0.05) is 0 Å². The number of amides is 1. The number of nitro groups is 1. The van der Waals surface area contributed by atoms with Gasteiger partial charge < -0.3 is 20.5 Å². The van der Waals surface area contributed by atoms with E-state index in [1.54, 1.807) is 13.8 Å². The van der Waals surface area contributed by atoms with Gasteiger partial charge in [0.1, 0.15) is 16.4 Å². The molecule has 1 atom stereocenters. The van der Waals surface area contributed by atoms with Crippen molar-refractivity contribution in [1.82, 2.24) is 20.1 Å². The van der Waals surface area contributed by atoms with E-state index in [1.165, 1.54) is 12.3 Å². The van der Waals surface area contributed by atoms with Crippen LogP contribution in [0.15, 0.2) is 12.3 Å². The van der Waals surface area contributed by atoms with Crippen molar-refractivity contribution in [2.24, 2.45) is 0 Å². The second-order valence-electron chi connectivity index (χ2n) is 4.69. The third-order valence-corrected chi connectivity index (χ3v) is 4.20. The number of carboxylic acids is 1. The van der Waals surface area contributed by atoms with E-state index in [1.807, 2.05) is 0 Å². The van der Waals surface area contributed by atoms with E-state index >= 15 is 0 Å². The number of thiazole rings is 1. The Morgan fingerprint density at radius 1 is 1.57 bits per heavy atom. The molecule has 0 aliphatic carbocycles. The van der Waals surface area contributed by atoms with E-state index in [0.29, 0.717) is 10.7 Å². The molecule has 23 heavy (non-hydrogen) atoms. The van der Waals surface area contributed by atoms with Crippen molar-refractivity contribution in [3.8, 4) is 0 Å². The largest absolute Gasteiger partial charge is 0.477 e. The van der Waals surface area contributed by atoms with Crippen LogP contribution in [-0.2, 0) is 11.3 Å². The summed E-state index contributed by atoms with van der Waals surface area (Å²) in [5.41, 5.74) is 0.390. The first-order valence-corrected chi connectivity index (χ1v) is 7.27. The fourth-order valence-corrected chi connectivity index (χ4v) is 2.74. The van der Waals surface area contributed by atoms with E-state index in [2.05, 4.69) is 15.4 Å². The monoisotopic (exact) mass is 339 g/mol. The van der Waals surface area contributed by atoms with E-state index in [9.17, 15) is 19.7 Å². The summed E-state index contributed by atoms with van der Waals surface area (Å²) >= 11 is 0.995. The minimum atomic E-state index is -1.06. The van der Waals surface area contributed by atoms with Crippen molar-refractivity contribution in [2.75, 3.05) is 0 Å². The molecule has 0 radical (unpaired) electrons. The van der Waals surface area contributed by atoms with Gasteiger partial charge in [-0.1, -0.05) is 0 Å². The number of aromatic nitrogens is 3. The SMILES string of the molecule is Cc1nc(C(C)NC(=O)Cn2ccc([N+](=O)[O-])n2)sc1C(=O)O. The highest BCUT2D eigenvalue weighted by molar-refractivity contribution is 7.13. The molecule has 0 aromatic carbocycles. The lowest BCUT2D eigenvalue weighted by atomic mass is 10.3. The highest BCUT2D eigenvalue weighted by Gasteiger charge is 2.20. The molecule has 2 aromatic heterocycles. The zero-order chi connectivity index (χ0) is 17.1. The molecule has 0 bridgehead atoms. The van der Waals surface area contributed by atoms with Crippen molar-refractivity contribution in [3.63, 3.8) is 0 Å². The Balaban J connectivity index is 2.00. The van der Waals surface area contributed by atoms with Gasteiger partial charge in [0.25, 0.3) is 0 Å². The molecule has 10 nitrogen and oxygen atoms in total. The Labute approximate surface area is 133 Å². The fourth-order valence-electron chi connectivity index (χ4n) is 1.83. The van der Waals surface area contributed by atoms with Gasteiger partial charge in [0.05, 0.1) is 29.1 Å². The Bertz CT molecular complexity index is 768. The molecule has 1 amide bonds. The second-order valence-corrected chi connectivity index (χ2v) is 5.72. The molecule has 2 heterocycles. The summed E-state index contributed by atoms with van der Waals surface area (Å²) in [6.45, 7) is 3.07. The smallest absolute Gasteiger partial charge is 0.389 e. The molecule has 2 aromatic rings. The molecule has 0 aliphatic heterocycles. The minimum Gasteiger partial charge on any atom is -0.477 e. The van der Waals surface area contributed by atoms with Crippen LogP contribution in [0.25, 0.3) is 0 Å². The quantitative estimate of drug-likeness (QED) is 0.593. The van der Waals surface area contributed by atoms with Crippen LogP contribution in [-0.4, -0.2) is 36.7 Å². The molecule has 0 saturated carbocycles. The van der Waals surface area contributed by atoms with Crippen molar-refractivity contribution in [3.05, 3.63) is 38.0 Å². The topological polar surface area (TPSA) is 140 Å². The zero-order valence-corrected chi connectivity index (χ0v) is 13.0. The zero-order valence-electron chi connectivity index (χ0n) is 12.2. The maximum absolute atomic E-state index is 11.9. The van der Waals surface area contributed by atoms with Crippen LogP contribution in [0.2, 0.25) is 0 Å². The van der Waals surface area contributed by atoms with Crippen LogP contribution in [0.5, 0.6) is 0 Å². The van der Waals surface area contributed by atoms with Gasteiger partial charge in [-0.2, -0.15) is 4.68 Å². The first-order valence-electron chi connectivity index (χ1n) is 6.45. The lowest BCUT2D eigenvalue weighted by molar-refractivity contribution is -0.389. The number of aryl methyl sites for hydroxylation is 1. The molecular formula is C12H13N5O5S. The van der Waals surface area contributed by atoms with Crippen molar-refractivity contribution in [2.45, 2.75) is 26.4 Å². The Hall–Kier alpha value is -2.82. The minimum absolute atomic E-state index is 0.129. The predicted octanol–water partition coefficient (Wildman–Crippen LogP) is 1.13. The maximum atomic E-state index is 11.9. The van der Waals surface area contributed by atoms with Gasteiger partial charge in [-0.25, -0.2) is 9.78 Å². The maximum Gasteiger partial charge on any atom is 0.389 e. The molecule has 0 saturated heterocycles. The van der Waals surface area contributed by atoms with Crippen LogP contribution in [0.3, 0.4) is 0 Å². The van der Waals surface area contributed by atoms with Crippen molar-refractivity contribution in [1.29, 1.82) is 0 Å². The highest BCUT2D eigenvalue weighted by atomic mass is 32.1. The standard InChI is InChI=1S/C12H13N5O5S/c1-6-10(12(19)20)23-11(14-6)7(2)13-9(18)5-16-4-3-8(15-16)17(21)22/h3-4,7H,5H2,1-2H3,(H,13,18)(H,19,20). The van der Waals surface area contributed by atoms with E-state index in [-0.39, 0.29) is 17.2 Å². The lowest BCUT2D eigenvalue weighted by Crippen LogP contribution is -2.30. The molecule has 0 spiro atoms. The van der Waals surface area contributed by atoms with Crippen LogP contribution in [0.1, 0.15) is 33.3 Å².